The van der Waals surface area contributed by atoms with Gasteiger partial charge in [-0.3, -0.25) is 0 Å². The average Bonchev–Trinajstić information content (AvgIpc) is 3.33. The van der Waals surface area contributed by atoms with Crippen LogP contribution in [0.1, 0.15) is 0 Å². The fraction of sp³-hybridized carbons (Fsp3) is 0. The van der Waals surface area contributed by atoms with Gasteiger partial charge >= 0.3 is 0 Å². The monoisotopic (exact) mass is 360 g/mol. The van der Waals surface area contributed by atoms with Gasteiger partial charge in [-0.15, -0.1) is 0 Å². The van der Waals surface area contributed by atoms with Crippen LogP contribution in [0.15, 0.2) is 95.4 Å². The second-order valence-electron chi connectivity index (χ2n) is 7.00. The van der Waals surface area contributed by atoms with E-state index in [1.165, 1.54) is 16.5 Å². The molecule has 2 aromatic heterocycles. The summed E-state index contributed by atoms with van der Waals surface area (Å²) in [5.41, 5.74) is 7.26. The zero-order valence-electron chi connectivity index (χ0n) is 15.0. The summed E-state index contributed by atoms with van der Waals surface area (Å²) in [6, 6.07) is 31.2. The molecule has 0 amide bonds. The number of oxazole rings is 1. The van der Waals surface area contributed by atoms with Crippen LogP contribution in [-0.4, -0.2) is 9.97 Å². The van der Waals surface area contributed by atoms with Crippen molar-refractivity contribution in [2.45, 2.75) is 0 Å². The molecular weight excluding hydrogens is 344 g/mol. The predicted molar refractivity (Wildman–Crippen MR) is 114 cm³/mol. The number of H-pyrrole nitrogens is 1. The van der Waals surface area contributed by atoms with Crippen molar-refractivity contribution in [3.8, 4) is 22.6 Å². The number of nitrogens with one attached hydrogen (secondary N) is 1. The molecule has 3 nitrogen and oxygen atoms in total. The van der Waals surface area contributed by atoms with Gasteiger partial charge in [-0.1, -0.05) is 54.6 Å². The molecule has 0 bridgehead atoms. The summed E-state index contributed by atoms with van der Waals surface area (Å²) in [7, 11) is 0. The van der Waals surface area contributed by atoms with E-state index in [1.807, 2.05) is 36.4 Å². The number of rotatable bonds is 2. The summed E-state index contributed by atoms with van der Waals surface area (Å²) >= 11 is 0. The van der Waals surface area contributed by atoms with Gasteiger partial charge in [-0.2, -0.15) is 0 Å². The lowest BCUT2D eigenvalue weighted by molar-refractivity contribution is 0.620. The number of aromatic amines is 1. The predicted octanol–water partition coefficient (Wildman–Crippen LogP) is 6.80. The Bertz CT molecular complexity index is 1440. The molecule has 0 aliphatic heterocycles. The highest BCUT2D eigenvalue weighted by atomic mass is 16.3. The van der Waals surface area contributed by atoms with E-state index in [-0.39, 0.29) is 0 Å². The van der Waals surface area contributed by atoms with E-state index in [1.54, 1.807) is 0 Å². The fourth-order valence-electron chi connectivity index (χ4n) is 3.84. The van der Waals surface area contributed by atoms with Gasteiger partial charge in [0.2, 0.25) is 5.89 Å². The second kappa shape index (κ2) is 5.83. The molecule has 0 saturated heterocycles. The molecule has 0 fully saturated rings. The van der Waals surface area contributed by atoms with Crippen LogP contribution in [-0.2, 0) is 0 Å². The Kier molecular flexibility index (Phi) is 3.17. The van der Waals surface area contributed by atoms with Crippen LogP contribution in [0.2, 0.25) is 0 Å². The molecule has 6 rings (SSSR count). The van der Waals surface area contributed by atoms with Gasteiger partial charge in [0.25, 0.3) is 0 Å². The van der Waals surface area contributed by atoms with Crippen LogP contribution in [0.5, 0.6) is 0 Å². The van der Waals surface area contributed by atoms with Crippen LogP contribution in [0.3, 0.4) is 0 Å². The zero-order valence-corrected chi connectivity index (χ0v) is 15.0. The number of aromatic nitrogens is 2. The number of hydrogen-bond donors (Lipinski definition) is 1. The summed E-state index contributed by atoms with van der Waals surface area (Å²) < 4.78 is 6.07. The van der Waals surface area contributed by atoms with E-state index >= 15 is 0 Å². The van der Waals surface area contributed by atoms with Crippen LogP contribution in [0.25, 0.3) is 55.5 Å². The van der Waals surface area contributed by atoms with Crippen LogP contribution in [0, 0.1) is 0 Å². The smallest absolute Gasteiger partial charge is 0.227 e. The van der Waals surface area contributed by atoms with Crippen LogP contribution < -0.4 is 0 Å². The topological polar surface area (TPSA) is 41.8 Å². The minimum absolute atomic E-state index is 0.650. The van der Waals surface area contributed by atoms with Gasteiger partial charge < -0.3 is 9.40 Å². The summed E-state index contributed by atoms with van der Waals surface area (Å²) in [6.07, 6.45) is 0. The number of benzene rings is 4. The Labute approximate surface area is 161 Å². The third-order valence-electron chi connectivity index (χ3n) is 5.23. The molecular formula is C25H16N2O. The maximum atomic E-state index is 6.07. The van der Waals surface area contributed by atoms with Crippen molar-refractivity contribution in [1.82, 2.24) is 9.97 Å². The van der Waals surface area contributed by atoms with Crippen LogP contribution >= 0.6 is 0 Å². The lowest BCUT2D eigenvalue weighted by Crippen LogP contribution is -1.76. The Morgan fingerprint density at radius 3 is 2.11 bits per heavy atom. The largest absolute Gasteiger partial charge is 0.436 e. The summed E-state index contributed by atoms with van der Waals surface area (Å²) in [4.78, 5) is 8.20. The fourth-order valence-corrected chi connectivity index (χ4v) is 3.84. The maximum Gasteiger partial charge on any atom is 0.227 e. The van der Waals surface area contributed by atoms with E-state index in [0.717, 1.165) is 33.1 Å². The molecule has 132 valence electrons. The molecule has 0 aliphatic rings. The normalized spacial score (nSPS) is 11.6. The first-order chi connectivity index (χ1) is 13.8. The van der Waals surface area contributed by atoms with Gasteiger partial charge in [-0.05, 0) is 47.5 Å². The zero-order chi connectivity index (χ0) is 18.5. The highest BCUT2D eigenvalue weighted by molar-refractivity contribution is 6.11. The lowest BCUT2D eigenvalue weighted by atomic mass is 10.0. The van der Waals surface area contributed by atoms with Gasteiger partial charge in [0.1, 0.15) is 5.52 Å². The minimum atomic E-state index is 0.650. The molecule has 0 saturated carbocycles. The van der Waals surface area contributed by atoms with Gasteiger partial charge in [-0.25, -0.2) is 4.98 Å². The molecule has 0 unspecified atom stereocenters. The van der Waals surface area contributed by atoms with Crippen molar-refractivity contribution in [2.24, 2.45) is 0 Å². The lowest BCUT2D eigenvalue weighted by Gasteiger charge is -2.01. The van der Waals surface area contributed by atoms with Crippen molar-refractivity contribution < 1.29 is 4.42 Å². The molecule has 28 heavy (non-hydrogen) atoms. The van der Waals surface area contributed by atoms with E-state index < -0.39 is 0 Å². The Balaban J connectivity index is 1.56. The molecule has 3 heteroatoms. The molecule has 0 atom stereocenters. The van der Waals surface area contributed by atoms with E-state index in [4.69, 9.17) is 4.42 Å². The van der Waals surface area contributed by atoms with Crippen LogP contribution in [0.4, 0.5) is 0 Å². The van der Waals surface area contributed by atoms with Crippen molar-refractivity contribution in [3.63, 3.8) is 0 Å². The molecule has 4 aromatic carbocycles. The number of fused-ring (bicyclic) bond motifs is 4. The first kappa shape index (κ1) is 15.2. The third kappa shape index (κ3) is 2.33. The van der Waals surface area contributed by atoms with Gasteiger partial charge in [0, 0.05) is 27.4 Å². The number of nitrogens with zero attached hydrogens (tertiary/aromatic N) is 1. The SMILES string of the molecule is c1ccc(-c2ccc3[nH]c4cc5nc(-c6ccccc6)oc5cc4c3c2)cc1. The van der Waals surface area contributed by atoms with Crippen molar-refractivity contribution in [1.29, 1.82) is 0 Å². The Morgan fingerprint density at radius 1 is 0.607 bits per heavy atom. The summed E-state index contributed by atoms with van der Waals surface area (Å²) in [5, 5.41) is 2.34. The van der Waals surface area contributed by atoms with Gasteiger partial charge in [0.05, 0.1) is 0 Å². The highest BCUT2D eigenvalue weighted by Gasteiger charge is 2.12. The molecule has 0 radical (unpaired) electrons. The van der Waals surface area contributed by atoms with E-state index in [0.29, 0.717) is 5.89 Å². The van der Waals surface area contributed by atoms with Gasteiger partial charge in [0.15, 0.2) is 5.58 Å². The van der Waals surface area contributed by atoms with E-state index in [9.17, 15) is 0 Å². The summed E-state index contributed by atoms with van der Waals surface area (Å²) in [6.45, 7) is 0. The molecule has 6 aromatic rings. The first-order valence-electron chi connectivity index (χ1n) is 9.32. The molecule has 0 spiro atoms. The molecule has 0 aliphatic carbocycles. The Morgan fingerprint density at radius 2 is 1.32 bits per heavy atom. The van der Waals surface area contributed by atoms with Crippen molar-refractivity contribution >= 4 is 32.9 Å². The van der Waals surface area contributed by atoms with Crippen molar-refractivity contribution in [2.75, 3.05) is 0 Å². The highest BCUT2D eigenvalue weighted by Crippen LogP contribution is 2.34. The standard InChI is InChI=1S/C25H16N2O/c1-3-7-16(8-4-1)18-11-12-21-19(13-18)20-14-24-23(15-22(20)26-21)27-25(28-24)17-9-5-2-6-10-17/h1-15,26H. The molecule has 2 heterocycles. The average molecular weight is 360 g/mol. The summed E-state index contributed by atoms with van der Waals surface area (Å²) in [5.74, 6) is 0.650. The first-order valence-corrected chi connectivity index (χ1v) is 9.32. The molecule has 1 N–H and O–H groups in total. The van der Waals surface area contributed by atoms with E-state index in [2.05, 4.69) is 64.6 Å². The third-order valence-corrected chi connectivity index (χ3v) is 5.23. The minimum Gasteiger partial charge on any atom is -0.436 e. The number of hydrogen-bond acceptors (Lipinski definition) is 2. The second-order valence-corrected chi connectivity index (χ2v) is 7.00. The van der Waals surface area contributed by atoms with Crippen molar-refractivity contribution in [3.05, 3.63) is 91.0 Å². The Hall–Kier alpha value is -3.85. The maximum absolute atomic E-state index is 6.07. The quantitative estimate of drug-likeness (QED) is 0.369.